The maximum Gasteiger partial charge on any atom is 0.233 e. The fourth-order valence-electron chi connectivity index (χ4n) is 2.21. The summed E-state index contributed by atoms with van der Waals surface area (Å²) in [5.41, 5.74) is 1.11. The molecule has 2 aliphatic rings. The van der Waals surface area contributed by atoms with Gasteiger partial charge in [-0.15, -0.1) is 0 Å². The molecular formula is C11H17NO. The Morgan fingerprint density at radius 3 is 2.38 bits per heavy atom. The Labute approximate surface area is 79.6 Å². The van der Waals surface area contributed by atoms with Crippen LogP contribution in [-0.2, 0) is 4.79 Å². The lowest BCUT2D eigenvalue weighted by molar-refractivity contribution is -0.135. The standard InChI is InChI=1S/C11H17NO/c1-5-6-12-8-7-11(8,4)10(2,3)9(12)13/h7H,5-6H2,1-4H3. The lowest BCUT2D eigenvalue weighted by atomic mass is 9.76. The van der Waals surface area contributed by atoms with E-state index in [1.54, 1.807) is 0 Å². The molecule has 0 spiro atoms. The molecule has 1 fully saturated rings. The largest absolute Gasteiger partial charge is 0.315 e. The Balaban J connectivity index is 2.29. The van der Waals surface area contributed by atoms with E-state index in [9.17, 15) is 4.79 Å². The molecule has 1 unspecified atom stereocenters. The van der Waals surface area contributed by atoms with Crippen molar-refractivity contribution in [3.05, 3.63) is 11.8 Å². The quantitative estimate of drug-likeness (QED) is 0.636. The molecule has 1 atom stereocenters. The van der Waals surface area contributed by atoms with Crippen molar-refractivity contribution in [3.63, 3.8) is 0 Å². The van der Waals surface area contributed by atoms with Crippen LogP contribution in [0.1, 0.15) is 34.1 Å². The molecule has 0 aromatic heterocycles. The molecule has 2 heteroatoms. The van der Waals surface area contributed by atoms with Crippen LogP contribution in [0.3, 0.4) is 0 Å². The van der Waals surface area contributed by atoms with Gasteiger partial charge in [-0.05, 0) is 27.2 Å². The Kier molecular flexibility index (Phi) is 1.47. The third-order valence-electron chi connectivity index (χ3n) is 3.69. The number of hydrogen-bond donors (Lipinski definition) is 0. The van der Waals surface area contributed by atoms with Crippen LogP contribution in [0.4, 0.5) is 0 Å². The highest BCUT2D eigenvalue weighted by Gasteiger charge is 2.64. The lowest BCUT2D eigenvalue weighted by Gasteiger charge is -2.25. The van der Waals surface area contributed by atoms with Crippen molar-refractivity contribution in [2.45, 2.75) is 34.1 Å². The van der Waals surface area contributed by atoms with Crippen LogP contribution in [0.25, 0.3) is 0 Å². The van der Waals surface area contributed by atoms with Gasteiger partial charge in [0, 0.05) is 17.7 Å². The highest BCUT2D eigenvalue weighted by atomic mass is 16.2. The van der Waals surface area contributed by atoms with E-state index in [1.165, 1.54) is 5.70 Å². The predicted molar refractivity (Wildman–Crippen MR) is 52.0 cm³/mol. The Bertz CT molecular complexity index is 303. The van der Waals surface area contributed by atoms with E-state index in [0.717, 1.165) is 13.0 Å². The summed E-state index contributed by atoms with van der Waals surface area (Å²) in [6.45, 7) is 9.25. The summed E-state index contributed by atoms with van der Waals surface area (Å²) in [7, 11) is 0. The van der Waals surface area contributed by atoms with E-state index in [2.05, 4.69) is 33.8 Å². The molecule has 0 bridgehead atoms. The first-order valence-electron chi connectivity index (χ1n) is 5.00. The Hall–Kier alpha value is -0.790. The molecule has 1 aliphatic heterocycles. The summed E-state index contributed by atoms with van der Waals surface area (Å²) in [6.07, 6.45) is 3.26. The number of allylic oxidation sites excluding steroid dienone is 2. The van der Waals surface area contributed by atoms with Gasteiger partial charge in [0.2, 0.25) is 5.91 Å². The molecule has 1 aliphatic carbocycles. The molecule has 2 rings (SSSR count). The summed E-state index contributed by atoms with van der Waals surface area (Å²) >= 11 is 0. The van der Waals surface area contributed by atoms with E-state index < -0.39 is 0 Å². The molecule has 72 valence electrons. The van der Waals surface area contributed by atoms with Gasteiger partial charge in [-0.3, -0.25) is 4.79 Å². The summed E-state index contributed by atoms with van der Waals surface area (Å²) in [6, 6.07) is 0. The first-order valence-corrected chi connectivity index (χ1v) is 5.00. The second kappa shape index (κ2) is 2.17. The predicted octanol–water partition coefficient (Wildman–Crippen LogP) is 2.17. The number of hydrogen-bond acceptors (Lipinski definition) is 1. The van der Waals surface area contributed by atoms with Crippen molar-refractivity contribution in [2.75, 3.05) is 6.54 Å². The van der Waals surface area contributed by atoms with E-state index >= 15 is 0 Å². The average Bonchev–Trinajstić information content (AvgIpc) is 2.70. The zero-order valence-electron chi connectivity index (χ0n) is 8.85. The number of nitrogens with zero attached hydrogens (tertiary/aromatic N) is 1. The van der Waals surface area contributed by atoms with Crippen LogP contribution in [0.5, 0.6) is 0 Å². The minimum absolute atomic E-state index is 0.0687. The van der Waals surface area contributed by atoms with E-state index in [1.807, 2.05) is 4.90 Å². The monoisotopic (exact) mass is 179 g/mol. The van der Waals surface area contributed by atoms with Crippen molar-refractivity contribution >= 4 is 5.91 Å². The third-order valence-corrected chi connectivity index (χ3v) is 3.69. The van der Waals surface area contributed by atoms with E-state index in [4.69, 9.17) is 0 Å². The third kappa shape index (κ3) is 0.812. The molecule has 0 aromatic carbocycles. The zero-order valence-corrected chi connectivity index (χ0v) is 8.85. The van der Waals surface area contributed by atoms with Gasteiger partial charge in [0.1, 0.15) is 0 Å². The summed E-state index contributed by atoms with van der Waals surface area (Å²) in [5, 5.41) is 0. The molecule has 1 saturated heterocycles. The van der Waals surface area contributed by atoms with Gasteiger partial charge in [0.25, 0.3) is 0 Å². The lowest BCUT2D eigenvalue weighted by Crippen LogP contribution is -2.35. The topological polar surface area (TPSA) is 20.3 Å². The number of fused-ring (bicyclic) bond motifs is 1. The van der Waals surface area contributed by atoms with Crippen molar-refractivity contribution in [1.82, 2.24) is 4.90 Å². The number of carbonyl (C=O) groups is 1. The van der Waals surface area contributed by atoms with Crippen LogP contribution < -0.4 is 0 Å². The number of rotatable bonds is 2. The first kappa shape index (κ1) is 8.79. The van der Waals surface area contributed by atoms with E-state index in [-0.39, 0.29) is 10.8 Å². The molecule has 1 amide bonds. The highest BCUT2D eigenvalue weighted by Crippen LogP contribution is 2.64. The van der Waals surface area contributed by atoms with Gasteiger partial charge < -0.3 is 4.90 Å². The number of carbonyl (C=O) groups excluding carboxylic acids is 1. The molecule has 2 nitrogen and oxygen atoms in total. The van der Waals surface area contributed by atoms with Crippen LogP contribution in [0, 0.1) is 10.8 Å². The van der Waals surface area contributed by atoms with Gasteiger partial charge in [0.15, 0.2) is 0 Å². The molecule has 13 heavy (non-hydrogen) atoms. The van der Waals surface area contributed by atoms with Crippen LogP contribution in [0.15, 0.2) is 11.8 Å². The molecule has 0 aromatic rings. The van der Waals surface area contributed by atoms with Gasteiger partial charge in [-0.1, -0.05) is 13.0 Å². The Morgan fingerprint density at radius 1 is 1.38 bits per heavy atom. The highest BCUT2D eigenvalue weighted by molar-refractivity contribution is 5.92. The summed E-state index contributed by atoms with van der Waals surface area (Å²) < 4.78 is 0. The maximum absolute atomic E-state index is 11.9. The van der Waals surface area contributed by atoms with Crippen molar-refractivity contribution in [2.24, 2.45) is 10.8 Å². The fraction of sp³-hybridized carbons (Fsp3) is 0.727. The second-order valence-corrected chi connectivity index (χ2v) is 4.81. The van der Waals surface area contributed by atoms with Crippen LogP contribution in [0.2, 0.25) is 0 Å². The van der Waals surface area contributed by atoms with Crippen LogP contribution >= 0.6 is 0 Å². The molecule has 0 saturated carbocycles. The number of amides is 1. The first-order chi connectivity index (χ1) is 5.95. The van der Waals surface area contributed by atoms with Crippen molar-refractivity contribution in [3.8, 4) is 0 Å². The zero-order chi connectivity index (χ0) is 9.85. The molecule has 0 radical (unpaired) electrons. The molecule has 0 N–H and O–H groups in total. The molecular weight excluding hydrogens is 162 g/mol. The number of likely N-dealkylation sites (tertiary alicyclic amines) is 1. The SMILES string of the molecule is CCCN1C(=O)C(C)(C)C2(C)C=C12. The van der Waals surface area contributed by atoms with Gasteiger partial charge in [0.05, 0.1) is 5.41 Å². The Morgan fingerprint density at radius 2 is 2.00 bits per heavy atom. The van der Waals surface area contributed by atoms with E-state index in [0.29, 0.717) is 5.91 Å². The fourth-order valence-corrected chi connectivity index (χ4v) is 2.21. The van der Waals surface area contributed by atoms with Gasteiger partial charge >= 0.3 is 0 Å². The second-order valence-electron chi connectivity index (χ2n) is 4.81. The normalized spacial score (nSPS) is 34.6. The molecule has 1 heterocycles. The smallest absolute Gasteiger partial charge is 0.233 e. The summed E-state index contributed by atoms with van der Waals surface area (Å²) in [5.74, 6) is 0.300. The van der Waals surface area contributed by atoms with Gasteiger partial charge in [-0.2, -0.15) is 0 Å². The minimum atomic E-state index is -0.211. The van der Waals surface area contributed by atoms with Crippen molar-refractivity contribution in [1.29, 1.82) is 0 Å². The minimum Gasteiger partial charge on any atom is -0.315 e. The summed E-state index contributed by atoms with van der Waals surface area (Å²) in [4.78, 5) is 13.9. The van der Waals surface area contributed by atoms with Crippen LogP contribution in [-0.4, -0.2) is 17.4 Å². The average molecular weight is 179 g/mol. The maximum atomic E-state index is 11.9. The van der Waals surface area contributed by atoms with Crippen molar-refractivity contribution < 1.29 is 4.79 Å². The van der Waals surface area contributed by atoms with Gasteiger partial charge in [-0.25, -0.2) is 0 Å².